The first-order valence-electron chi connectivity index (χ1n) is 5.43. The highest BCUT2D eigenvalue weighted by Crippen LogP contribution is 2.13. The van der Waals surface area contributed by atoms with E-state index in [1.807, 2.05) is 4.90 Å². The third-order valence-corrected chi connectivity index (χ3v) is 3.24. The molecule has 0 aromatic heterocycles. The average Bonchev–Trinajstić information content (AvgIpc) is 2.47. The Morgan fingerprint density at radius 3 is 2.86 bits per heavy atom. The first-order valence-corrected chi connectivity index (χ1v) is 5.43. The van der Waals surface area contributed by atoms with Gasteiger partial charge in [-0.15, -0.1) is 0 Å². The number of likely N-dealkylation sites (tertiary alicyclic amines) is 1. The van der Waals surface area contributed by atoms with Crippen molar-refractivity contribution < 1.29 is 4.79 Å². The molecule has 2 aliphatic rings. The molecule has 0 aromatic carbocycles. The highest BCUT2D eigenvalue weighted by Gasteiger charge is 2.29. The Bertz CT molecular complexity index is 219. The lowest BCUT2D eigenvalue weighted by atomic mass is 10.0. The van der Waals surface area contributed by atoms with Gasteiger partial charge in [-0.2, -0.15) is 0 Å². The molecule has 0 spiro atoms. The lowest BCUT2D eigenvalue weighted by molar-refractivity contribution is -0.133. The molecule has 2 saturated heterocycles. The van der Waals surface area contributed by atoms with Crippen molar-refractivity contribution >= 4 is 5.91 Å². The number of amides is 1. The standard InChI is InChI=1S/C10H19N3O/c1-10(3-4-11-8-10)12-7-9(14)13-5-2-6-13/h11-12H,2-8H2,1H3. The maximum atomic E-state index is 11.6. The van der Waals surface area contributed by atoms with Crippen LogP contribution in [0.1, 0.15) is 19.8 Å². The molecule has 0 aromatic rings. The molecule has 0 radical (unpaired) electrons. The van der Waals surface area contributed by atoms with E-state index in [2.05, 4.69) is 17.6 Å². The third-order valence-electron chi connectivity index (χ3n) is 3.24. The minimum atomic E-state index is 0.126. The molecule has 4 nitrogen and oxygen atoms in total. The lowest BCUT2D eigenvalue weighted by Gasteiger charge is -2.33. The summed E-state index contributed by atoms with van der Waals surface area (Å²) in [6.45, 7) is 6.61. The highest BCUT2D eigenvalue weighted by atomic mass is 16.2. The normalized spacial score (nSPS) is 31.6. The fraction of sp³-hybridized carbons (Fsp3) is 0.900. The summed E-state index contributed by atoms with van der Waals surface area (Å²) in [6, 6.07) is 0. The summed E-state index contributed by atoms with van der Waals surface area (Å²) in [7, 11) is 0. The second-order valence-corrected chi connectivity index (χ2v) is 4.58. The minimum Gasteiger partial charge on any atom is -0.341 e. The summed E-state index contributed by atoms with van der Waals surface area (Å²) < 4.78 is 0. The smallest absolute Gasteiger partial charge is 0.236 e. The number of carbonyl (C=O) groups excluding carboxylic acids is 1. The molecule has 1 atom stereocenters. The third kappa shape index (κ3) is 2.07. The first-order chi connectivity index (χ1) is 6.70. The summed E-state index contributed by atoms with van der Waals surface area (Å²) in [4.78, 5) is 13.5. The number of nitrogens with one attached hydrogen (secondary N) is 2. The van der Waals surface area contributed by atoms with E-state index < -0.39 is 0 Å². The molecule has 0 bridgehead atoms. The van der Waals surface area contributed by atoms with Crippen molar-refractivity contribution in [1.29, 1.82) is 0 Å². The van der Waals surface area contributed by atoms with Crippen LogP contribution in [-0.2, 0) is 4.79 Å². The van der Waals surface area contributed by atoms with Crippen LogP contribution in [-0.4, -0.2) is 49.1 Å². The molecule has 1 unspecified atom stereocenters. The molecule has 4 heteroatoms. The highest BCUT2D eigenvalue weighted by molar-refractivity contribution is 5.79. The summed E-state index contributed by atoms with van der Waals surface area (Å²) in [6.07, 6.45) is 2.28. The largest absolute Gasteiger partial charge is 0.341 e. The van der Waals surface area contributed by atoms with Gasteiger partial charge in [0, 0.05) is 25.2 Å². The molecule has 0 saturated carbocycles. The molecule has 2 fully saturated rings. The number of hydrogen-bond acceptors (Lipinski definition) is 3. The monoisotopic (exact) mass is 197 g/mol. The van der Waals surface area contributed by atoms with E-state index >= 15 is 0 Å². The van der Waals surface area contributed by atoms with Gasteiger partial charge in [-0.05, 0) is 26.3 Å². The van der Waals surface area contributed by atoms with Crippen molar-refractivity contribution in [3.05, 3.63) is 0 Å². The van der Waals surface area contributed by atoms with Gasteiger partial charge in [-0.1, -0.05) is 0 Å². The van der Waals surface area contributed by atoms with Gasteiger partial charge in [-0.3, -0.25) is 4.79 Å². The van der Waals surface area contributed by atoms with Gasteiger partial charge in [0.2, 0.25) is 5.91 Å². The summed E-state index contributed by atoms with van der Waals surface area (Å²) in [5.41, 5.74) is 0.126. The van der Waals surface area contributed by atoms with Crippen LogP contribution in [0.4, 0.5) is 0 Å². The van der Waals surface area contributed by atoms with Crippen molar-refractivity contribution in [2.45, 2.75) is 25.3 Å². The molecule has 2 N–H and O–H groups in total. The zero-order valence-corrected chi connectivity index (χ0v) is 8.81. The van der Waals surface area contributed by atoms with Gasteiger partial charge >= 0.3 is 0 Å². The topological polar surface area (TPSA) is 44.4 Å². The van der Waals surface area contributed by atoms with Crippen LogP contribution in [0, 0.1) is 0 Å². The van der Waals surface area contributed by atoms with Crippen molar-refractivity contribution in [3.63, 3.8) is 0 Å². The van der Waals surface area contributed by atoms with E-state index in [0.29, 0.717) is 6.54 Å². The average molecular weight is 197 g/mol. The molecular formula is C10H19N3O. The molecule has 2 rings (SSSR count). The second kappa shape index (κ2) is 3.87. The predicted molar refractivity (Wildman–Crippen MR) is 55.1 cm³/mol. The number of hydrogen-bond donors (Lipinski definition) is 2. The fourth-order valence-corrected chi connectivity index (χ4v) is 1.93. The van der Waals surface area contributed by atoms with Crippen LogP contribution in [0.3, 0.4) is 0 Å². The van der Waals surface area contributed by atoms with Crippen molar-refractivity contribution in [1.82, 2.24) is 15.5 Å². The van der Waals surface area contributed by atoms with E-state index in [-0.39, 0.29) is 11.4 Å². The maximum Gasteiger partial charge on any atom is 0.236 e. The number of carbonyl (C=O) groups is 1. The predicted octanol–water partition coefficient (Wildman–Crippen LogP) is -0.440. The van der Waals surface area contributed by atoms with E-state index in [9.17, 15) is 4.79 Å². The van der Waals surface area contributed by atoms with Crippen LogP contribution in [0.25, 0.3) is 0 Å². The van der Waals surface area contributed by atoms with Crippen LogP contribution < -0.4 is 10.6 Å². The Morgan fingerprint density at radius 1 is 1.57 bits per heavy atom. The van der Waals surface area contributed by atoms with Crippen LogP contribution >= 0.6 is 0 Å². The Labute approximate surface area is 85.0 Å². The van der Waals surface area contributed by atoms with Crippen LogP contribution in [0.2, 0.25) is 0 Å². The van der Waals surface area contributed by atoms with Crippen LogP contribution in [0.15, 0.2) is 0 Å². The Hall–Kier alpha value is -0.610. The SMILES string of the molecule is CC1(NCC(=O)N2CCC2)CCNC1. The minimum absolute atomic E-state index is 0.126. The zero-order valence-electron chi connectivity index (χ0n) is 8.81. The fourth-order valence-electron chi connectivity index (χ4n) is 1.93. The molecule has 2 aliphatic heterocycles. The van der Waals surface area contributed by atoms with Crippen molar-refractivity contribution in [3.8, 4) is 0 Å². The van der Waals surface area contributed by atoms with E-state index in [1.165, 1.54) is 6.42 Å². The van der Waals surface area contributed by atoms with Gasteiger partial charge in [0.05, 0.1) is 6.54 Å². The molecule has 2 heterocycles. The first kappa shape index (κ1) is 9.93. The van der Waals surface area contributed by atoms with E-state index in [1.54, 1.807) is 0 Å². The van der Waals surface area contributed by atoms with Gasteiger partial charge < -0.3 is 15.5 Å². The quantitative estimate of drug-likeness (QED) is 0.645. The van der Waals surface area contributed by atoms with Gasteiger partial charge in [0.15, 0.2) is 0 Å². The summed E-state index contributed by atoms with van der Waals surface area (Å²) in [5, 5.41) is 6.66. The summed E-state index contributed by atoms with van der Waals surface area (Å²) in [5.74, 6) is 0.254. The van der Waals surface area contributed by atoms with Crippen molar-refractivity contribution in [2.24, 2.45) is 0 Å². The Morgan fingerprint density at radius 2 is 2.36 bits per heavy atom. The molecular weight excluding hydrogens is 178 g/mol. The number of rotatable bonds is 3. The maximum absolute atomic E-state index is 11.6. The molecule has 80 valence electrons. The summed E-state index contributed by atoms with van der Waals surface area (Å²) >= 11 is 0. The molecule has 0 aliphatic carbocycles. The lowest BCUT2D eigenvalue weighted by Crippen LogP contribution is -2.52. The molecule has 14 heavy (non-hydrogen) atoms. The van der Waals surface area contributed by atoms with E-state index in [4.69, 9.17) is 0 Å². The van der Waals surface area contributed by atoms with Gasteiger partial charge in [-0.25, -0.2) is 0 Å². The zero-order chi connectivity index (χ0) is 10.0. The van der Waals surface area contributed by atoms with Gasteiger partial charge in [0.25, 0.3) is 0 Å². The molecule has 1 amide bonds. The van der Waals surface area contributed by atoms with E-state index in [0.717, 1.165) is 32.6 Å². The van der Waals surface area contributed by atoms with Gasteiger partial charge in [0.1, 0.15) is 0 Å². The Balaban J connectivity index is 1.72. The Kier molecular flexibility index (Phi) is 2.74. The second-order valence-electron chi connectivity index (χ2n) is 4.58. The van der Waals surface area contributed by atoms with Crippen molar-refractivity contribution in [2.75, 3.05) is 32.7 Å². The van der Waals surface area contributed by atoms with Crippen LogP contribution in [0.5, 0.6) is 0 Å². The number of nitrogens with zero attached hydrogens (tertiary/aromatic N) is 1.